The average molecular weight is 386 g/mol. The highest BCUT2D eigenvalue weighted by molar-refractivity contribution is 6.00. The highest BCUT2D eigenvalue weighted by Gasteiger charge is 2.39. The fraction of sp³-hybridized carbons (Fsp3) is 0.261. The van der Waals surface area contributed by atoms with Crippen molar-refractivity contribution < 1.29 is 9.53 Å². The minimum Gasteiger partial charge on any atom is -0.497 e. The summed E-state index contributed by atoms with van der Waals surface area (Å²) in [7, 11) is 1.66. The molecule has 0 spiro atoms. The summed E-state index contributed by atoms with van der Waals surface area (Å²) in [5.74, 6) is 1.79. The van der Waals surface area contributed by atoms with Crippen LogP contribution in [0.3, 0.4) is 0 Å². The second-order valence-corrected chi connectivity index (χ2v) is 7.66. The van der Waals surface area contributed by atoms with Gasteiger partial charge in [-0.1, -0.05) is 42.0 Å². The molecule has 0 amide bonds. The summed E-state index contributed by atoms with van der Waals surface area (Å²) in [6.45, 7) is 2.06. The highest BCUT2D eigenvalue weighted by atomic mass is 16.5. The number of carbonyl (C=O) groups excluding carboxylic acids is 1. The molecule has 2 heterocycles. The van der Waals surface area contributed by atoms with E-state index in [2.05, 4.69) is 40.5 Å². The number of allylic oxidation sites excluding steroid dienone is 2. The molecule has 146 valence electrons. The number of Topliss-reactive ketones (excluding diaryl/α,β-unsaturated/α-hetero) is 1. The zero-order valence-electron chi connectivity index (χ0n) is 16.4. The number of methoxy groups -OCH3 is 1. The summed E-state index contributed by atoms with van der Waals surface area (Å²) in [5.41, 5.74) is 5.12. The molecule has 6 nitrogen and oxygen atoms in total. The quantitative estimate of drug-likeness (QED) is 0.737. The summed E-state index contributed by atoms with van der Waals surface area (Å²) in [4.78, 5) is 17.7. The van der Waals surface area contributed by atoms with Crippen molar-refractivity contribution in [1.29, 1.82) is 0 Å². The third-order valence-electron chi connectivity index (χ3n) is 5.81. The van der Waals surface area contributed by atoms with Gasteiger partial charge in [0.05, 0.1) is 7.11 Å². The van der Waals surface area contributed by atoms with Gasteiger partial charge in [0.1, 0.15) is 18.1 Å². The normalized spacial score (nSPS) is 20.7. The lowest BCUT2D eigenvalue weighted by molar-refractivity contribution is -0.116. The topological polar surface area (TPSA) is 69.0 Å². The van der Waals surface area contributed by atoms with Gasteiger partial charge in [-0.25, -0.2) is 4.68 Å². The predicted octanol–water partition coefficient (Wildman–Crippen LogP) is 4.01. The van der Waals surface area contributed by atoms with Gasteiger partial charge in [-0.15, -0.1) is 0 Å². The molecule has 0 unspecified atom stereocenters. The van der Waals surface area contributed by atoms with E-state index < -0.39 is 0 Å². The van der Waals surface area contributed by atoms with Gasteiger partial charge in [0.15, 0.2) is 5.78 Å². The molecular formula is C23H22N4O2. The van der Waals surface area contributed by atoms with E-state index in [1.807, 2.05) is 35.0 Å². The van der Waals surface area contributed by atoms with E-state index in [1.54, 1.807) is 7.11 Å². The maximum atomic E-state index is 13.4. The van der Waals surface area contributed by atoms with Gasteiger partial charge in [-0.2, -0.15) is 10.1 Å². The van der Waals surface area contributed by atoms with Crippen LogP contribution in [0, 0.1) is 6.92 Å². The van der Waals surface area contributed by atoms with Crippen molar-refractivity contribution in [3.8, 4) is 5.75 Å². The maximum absolute atomic E-state index is 13.4. The molecule has 1 aliphatic carbocycles. The Balaban J connectivity index is 1.56. The van der Waals surface area contributed by atoms with E-state index in [0.717, 1.165) is 40.1 Å². The number of ketones is 1. The van der Waals surface area contributed by atoms with Crippen molar-refractivity contribution in [2.45, 2.75) is 31.7 Å². The van der Waals surface area contributed by atoms with Crippen molar-refractivity contribution in [2.75, 3.05) is 12.4 Å². The molecule has 0 bridgehead atoms. The molecule has 29 heavy (non-hydrogen) atoms. The van der Waals surface area contributed by atoms with E-state index in [-0.39, 0.29) is 17.7 Å². The predicted molar refractivity (Wildman–Crippen MR) is 110 cm³/mol. The van der Waals surface area contributed by atoms with Crippen LogP contribution in [0.2, 0.25) is 0 Å². The number of nitrogens with zero attached hydrogens (tertiary/aromatic N) is 3. The molecule has 0 radical (unpaired) electrons. The second-order valence-electron chi connectivity index (χ2n) is 7.66. The Morgan fingerprint density at radius 3 is 2.69 bits per heavy atom. The molecule has 1 aliphatic heterocycles. The number of anilines is 1. The Labute approximate surface area is 169 Å². The van der Waals surface area contributed by atoms with Crippen LogP contribution in [0.1, 0.15) is 41.5 Å². The van der Waals surface area contributed by atoms with Crippen molar-refractivity contribution >= 4 is 11.7 Å². The van der Waals surface area contributed by atoms with Crippen LogP contribution in [0.5, 0.6) is 5.75 Å². The van der Waals surface area contributed by atoms with Crippen molar-refractivity contribution in [3.05, 3.63) is 82.8 Å². The maximum Gasteiger partial charge on any atom is 0.226 e. The van der Waals surface area contributed by atoms with Gasteiger partial charge in [-0.05, 0) is 42.5 Å². The largest absolute Gasteiger partial charge is 0.497 e. The van der Waals surface area contributed by atoms with E-state index in [4.69, 9.17) is 4.74 Å². The van der Waals surface area contributed by atoms with Crippen LogP contribution >= 0.6 is 0 Å². The number of fused-ring (bicyclic) bond motifs is 1. The zero-order chi connectivity index (χ0) is 20.0. The number of aromatic nitrogens is 3. The van der Waals surface area contributed by atoms with Crippen LogP contribution in [0.4, 0.5) is 5.95 Å². The van der Waals surface area contributed by atoms with E-state index in [1.165, 1.54) is 6.33 Å². The number of nitrogens with one attached hydrogen (secondary N) is 1. The van der Waals surface area contributed by atoms with Crippen molar-refractivity contribution in [1.82, 2.24) is 14.8 Å². The lowest BCUT2D eigenvalue weighted by Crippen LogP contribution is -2.33. The molecule has 1 N–H and O–H groups in total. The minimum absolute atomic E-state index is 0.132. The Morgan fingerprint density at radius 2 is 1.93 bits per heavy atom. The van der Waals surface area contributed by atoms with Gasteiger partial charge in [0.2, 0.25) is 5.95 Å². The molecule has 5 rings (SSSR count). The van der Waals surface area contributed by atoms with Gasteiger partial charge in [-0.3, -0.25) is 4.79 Å². The first kappa shape index (κ1) is 17.7. The summed E-state index contributed by atoms with van der Waals surface area (Å²) < 4.78 is 7.08. The number of carbonyl (C=O) groups is 1. The van der Waals surface area contributed by atoms with Crippen LogP contribution in [0.25, 0.3) is 0 Å². The van der Waals surface area contributed by atoms with E-state index in [9.17, 15) is 4.79 Å². The fourth-order valence-electron chi connectivity index (χ4n) is 4.41. The average Bonchev–Trinajstić information content (AvgIpc) is 3.20. The smallest absolute Gasteiger partial charge is 0.226 e. The van der Waals surface area contributed by atoms with Crippen molar-refractivity contribution in [2.24, 2.45) is 0 Å². The van der Waals surface area contributed by atoms with Gasteiger partial charge in [0, 0.05) is 17.7 Å². The lowest BCUT2D eigenvalue weighted by Gasteiger charge is -2.35. The summed E-state index contributed by atoms with van der Waals surface area (Å²) in [6.07, 6.45) is 2.79. The summed E-state index contributed by atoms with van der Waals surface area (Å²) in [5, 5.41) is 7.78. The summed E-state index contributed by atoms with van der Waals surface area (Å²) in [6, 6.07) is 16.0. The number of ether oxygens (including phenoxy) is 1. The molecule has 0 saturated heterocycles. The zero-order valence-corrected chi connectivity index (χ0v) is 16.4. The van der Waals surface area contributed by atoms with Crippen LogP contribution in [-0.2, 0) is 4.79 Å². The van der Waals surface area contributed by atoms with Crippen LogP contribution in [-0.4, -0.2) is 27.7 Å². The number of hydrogen-bond donors (Lipinski definition) is 1. The van der Waals surface area contributed by atoms with Crippen molar-refractivity contribution in [3.63, 3.8) is 0 Å². The third-order valence-corrected chi connectivity index (χ3v) is 5.81. The van der Waals surface area contributed by atoms with Gasteiger partial charge < -0.3 is 10.1 Å². The third kappa shape index (κ3) is 3.01. The first-order valence-electron chi connectivity index (χ1n) is 9.77. The fourth-order valence-corrected chi connectivity index (χ4v) is 4.41. The summed E-state index contributed by atoms with van der Waals surface area (Å²) >= 11 is 0. The second kappa shape index (κ2) is 6.88. The van der Waals surface area contributed by atoms with Gasteiger partial charge >= 0.3 is 0 Å². The highest BCUT2D eigenvalue weighted by Crippen LogP contribution is 2.44. The van der Waals surface area contributed by atoms with Crippen LogP contribution < -0.4 is 10.1 Å². The number of rotatable bonds is 3. The first-order chi connectivity index (χ1) is 14.1. The van der Waals surface area contributed by atoms with Gasteiger partial charge in [0.25, 0.3) is 0 Å². The number of aryl methyl sites for hydroxylation is 1. The molecule has 2 atom stereocenters. The van der Waals surface area contributed by atoms with E-state index in [0.29, 0.717) is 12.4 Å². The molecule has 2 aromatic carbocycles. The Hall–Kier alpha value is -3.41. The van der Waals surface area contributed by atoms with E-state index >= 15 is 0 Å². The Morgan fingerprint density at radius 1 is 1.10 bits per heavy atom. The molecule has 6 heteroatoms. The number of benzene rings is 2. The molecule has 0 saturated carbocycles. The standard InChI is InChI=1S/C23H22N4O2/c1-14-4-3-5-16(10-14)22-21-19(26-23-24-13-25-27(22)23)11-17(12-20(21)28)15-6-8-18(29-2)9-7-15/h3-10,13,17,22H,11-12H2,1-2H3,(H,24,25,26)/t17-,22+/m0/s1. The molecule has 0 fully saturated rings. The SMILES string of the molecule is COc1ccc([C@@H]2CC(=O)C3=C(C2)Nc2ncnn2[C@@H]3c2cccc(C)c2)cc1. The first-order valence-corrected chi connectivity index (χ1v) is 9.77. The molecular weight excluding hydrogens is 364 g/mol. The van der Waals surface area contributed by atoms with Crippen LogP contribution in [0.15, 0.2) is 66.1 Å². The lowest BCUT2D eigenvalue weighted by atomic mass is 9.78. The number of hydrogen-bond acceptors (Lipinski definition) is 5. The molecule has 1 aromatic heterocycles. The minimum atomic E-state index is -0.243. The molecule has 3 aromatic rings. The molecule has 2 aliphatic rings. The monoisotopic (exact) mass is 386 g/mol. The Bertz CT molecular complexity index is 1110. The Kier molecular flexibility index (Phi) is 4.19.